The van der Waals surface area contributed by atoms with E-state index in [-0.39, 0.29) is 60.1 Å². The second kappa shape index (κ2) is 17.5. The van der Waals surface area contributed by atoms with Crippen LogP contribution in [0.2, 0.25) is 5.02 Å². The molecular weight excluding hydrogens is 846 g/mol. The number of amides is 4. The van der Waals surface area contributed by atoms with Crippen molar-refractivity contribution in [3.63, 3.8) is 0 Å². The molecule has 0 saturated carbocycles. The number of aromatic nitrogens is 1. The van der Waals surface area contributed by atoms with E-state index in [2.05, 4.69) is 30.7 Å². The van der Waals surface area contributed by atoms with Gasteiger partial charge in [0.2, 0.25) is 17.7 Å². The number of pyridine rings is 1. The molecule has 3 N–H and O–H groups in total. The van der Waals surface area contributed by atoms with Gasteiger partial charge in [-0.2, -0.15) is 18.4 Å². The van der Waals surface area contributed by atoms with Gasteiger partial charge >= 0.3 is 6.18 Å². The van der Waals surface area contributed by atoms with Crippen LogP contribution in [0.1, 0.15) is 56.9 Å². The summed E-state index contributed by atoms with van der Waals surface area (Å²) < 4.78 is 47.5. The molecule has 0 spiro atoms. The van der Waals surface area contributed by atoms with Crippen LogP contribution in [0.25, 0.3) is 0 Å². The van der Waals surface area contributed by atoms with Crippen LogP contribution >= 0.6 is 36.2 Å². The maximum absolute atomic E-state index is 13.7. The number of benzene rings is 2. The number of anilines is 4. The Hall–Kier alpha value is -5.06. The number of hydrogen-bond donors (Lipinski definition) is 3. The quantitative estimate of drug-likeness (QED) is 0.155. The molecule has 1 unspecified atom stereocenters. The number of nitrogens with one attached hydrogen (secondary N) is 3. The molecular formula is C40H42Cl2F3N9O5S. The molecule has 4 amide bonds. The maximum Gasteiger partial charge on any atom is 0.419 e. The summed E-state index contributed by atoms with van der Waals surface area (Å²) in [5.74, 6) is -0.785. The van der Waals surface area contributed by atoms with E-state index in [1.165, 1.54) is 6.07 Å². The first-order valence-corrected chi connectivity index (χ1v) is 19.9. The summed E-state index contributed by atoms with van der Waals surface area (Å²) in [5.41, 5.74) is -1.03. The van der Waals surface area contributed by atoms with Gasteiger partial charge in [-0.05, 0) is 93.4 Å². The van der Waals surface area contributed by atoms with Crippen molar-refractivity contribution in [3.8, 4) is 11.8 Å². The number of fused-ring (bicyclic) bond motifs is 2. The molecule has 1 aromatic heterocycles. The number of rotatable bonds is 12. The minimum Gasteiger partial charge on any atom is -0.492 e. The molecule has 2 aromatic carbocycles. The van der Waals surface area contributed by atoms with Gasteiger partial charge in [0.05, 0.1) is 24.0 Å². The molecule has 2 bridgehead atoms. The first-order valence-electron chi connectivity index (χ1n) is 19.1. The van der Waals surface area contributed by atoms with Crippen molar-refractivity contribution < 1.29 is 37.1 Å². The number of likely N-dealkylation sites (tertiary alicyclic amines) is 2. The zero-order valence-corrected chi connectivity index (χ0v) is 35.2. The summed E-state index contributed by atoms with van der Waals surface area (Å²) in [7, 11) is 0. The monoisotopic (exact) mass is 887 g/mol. The Labute approximate surface area is 360 Å². The molecule has 318 valence electrons. The number of nitrogens with zero attached hydrogens (tertiary/aromatic N) is 6. The van der Waals surface area contributed by atoms with Crippen molar-refractivity contribution in [2.75, 3.05) is 53.2 Å². The van der Waals surface area contributed by atoms with E-state index >= 15 is 0 Å². The highest BCUT2D eigenvalue weighted by molar-refractivity contribution is 7.81. The summed E-state index contributed by atoms with van der Waals surface area (Å²) in [6.45, 7) is 8.03. The SMILES string of the molecule is CCc1cc(N2C(=S)N(c3cnc(C#N)c(C(F)(F)F)c3)C(=O)C2(C)C)ccc1OCCN1C[C@@H]2C[C@H]1CN2CC(=O)Nc1cc(Cl)cc(NC2CCC(=O)NC2=O)c1.Cl. The van der Waals surface area contributed by atoms with Gasteiger partial charge < -0.3 is 20.3 Å². The highest BCUT2D eigenvalue weighted by Crippen LogP contribution is 2.40. The van der Waals surface area contributed by atoms with E-state index < -0.39 is 40.8 Å². The normalized spacial score (nSPS) is 21.5. The van der Waals surface area contributed by atoms with E-state index in [0.717, 1.165) is 42.2 Å². The van der Waals surface area contributed by atoms with Gasteiger partial charge in [-0.15, -0.1) is 12.4 Å². The minimum atomic E-state index is -4.86. The average Bonchev–Trinajstić information content (AvgIpc) is 3.80. The molecule has 60 heavy (non-hydrogen) atoms. The lowest BCUT2D eigenvalue weighted by Gasteiger charge is -2.33. The number of nitriles is 1. The van der Waals surface area contributed by atoms with Gasteiger partial charge in [0.1, 0.15) is 30.0 Å². The highest BCUT2D eigenvalue weighted by atomic mass is 35.5. The van der Waals surface area contributed by atoms with Crippen molar-refractivity contribution in [1.29, 1.82) is 5.26 Å². The molecule has 20 heteroatoms. The van der Waals surface area contributed by atoms with Gasteiger partial charge in [-0.1, -0.05) is 18.5 Å². The summed E-state index contributed by atoms with van der Waals surface area (Å²) in [6, 6.07) is 12.5. The highest BCUT2D eigenvalue weighted by Gasteiger charge is 2.51. The first kappa shape index (κ1) is 44.5. The maximum atomic E-state index is 13.7. The van der Waals surface area contributed by atoms with Crippen LogP contribution in [0.5, 0.6) is 5.75 Å². The van der Waals surface area contributed by atoms with Crippen LogP contribution in [0.15, 0.2) is 48.7 Å². The average molecular weight is 889 g/mol. The van der Waals surface area contributed by atoms with Crippen molar-refractivity contribution in [2.24, 2.45) is 0 Å². The number of ether oxygens (including phenoxy) is 1. The Kier molecular flexibility index (Phi) is 13.0. The number of hydrogen-bond acceptors (Lipinski definition) is 11. The van der Waals surface area contributed by atoms with Gasteiger partial charge in [0.15, 0.2) is 10.8 Å². The van der Waals surface area contributed by atoms with Crippen LogP contribution in [0.4, 0.5) is 35.9 Å². The fraction of sp³-hybridized carbons (Fsp3) is 0.425. The lowest BCUT2D eigenvalue weighted by atomic mass is 10.0. The minimum absolute atomic E-state index is 0. The van der Waals surface area contributed by atoms with E-state index in [9.17, 15) is 37.6 Å². The number of carbonyl (C=O) groups is 4. The molecule has 3 atom stereocenters. The second-order valence-corrected chi connectivity index (χ2v) is 16.2. The largest absolute Gasteiger partial charge is 0.492 e. The van der Waals surface area contributed by atoms with Gasteiger partial charge in [-0.3, -0.25) is 39.2 Å². The third kappa shape index (κ3) is 9.00. The van der Waals surface area contributed by atoms with Crippen molar-refractivity contribution in [2.45, 2.75) is 76.3 Å². The Morgan fingerprint density at radius 3 is 2.47 bits per heavy atom. The fourth-order valence-electron chi connectivity index (χ4n) is 8.19. The fourth-order valence-corrected chi connectivity index (χ4v) is 8.95. The third-order valence-electron chi connectivity index (χ3n) is 11.1. The zero-order chi connectivity index (χ0) is 42.4. The lowest BCUT2D eigenvalue weighted by molar-refractivity contribution is -0.138. The summed E-state index contributed by atoms with van der Waals surface area (Å²) in [5, 5.41) is 17.9. The predicted octanol–water partition coefficient (Wildman–Crippen LogP) is 5.52. The Bertz CT molecular complexity index is 2280. The second-order valence-electron chi connectivity index (χ2n) is 15.4. The van der Waals surface area contributed by atoms with Crippen molar-refractivity contribution in [3.05, 3.63) is 70.5 Å². The molecule has 0 aliphatic carbocycles. The molecule has 4 fully saturated rings. The van der Waals surface area contributed by atoms with E-state index in [4.69, 9.17) is 28.6 Å². The van der Waals surface area contributed by atoms with Gasteiger partial charge in [0.25, 0.3) is 5.91 Å². The molecule has 4 aliphatic rings. The molecule has 14 nitrogen and oxygen atoms in total. The number of alkyl halides is 3. The first-order chi connectivity index (χ1) is 28.0. The number of thiocarbonyl (C=S) groups is 1. The number of piperazine rings is 1. The lowest BCUT2D eigenvalue weighted by Crippen LogP contribution is -2.49. The molecule has 3 aromatic rings. The van der Waals surface area contributed by atoms with Gasteiger partial charge in [-0.25, -0.2) is 4.98 Å². The van der Waals surface area contributed by atoms with Gasteiger partial charge in [0, 0.05) is 60.2 Å². The molecule has 7 rings (SSSR count). The number of piperidine rings is 1. The zero-order valence-electron chi connectivity index (χ0n) is 32.8. The van der Waals surface area contributed by atoms with E-state index in [1.54, 1.807) is 49.1 Å². The van der Waals surface area contributed by atoms with Crippen LogP contribution < -0.4 is 30.5 Å². The Morgan fingerprint density at radius 1 is 1.08 bits per heavy atom. The third-order valence-corrected chi connectivity index (χ3v) is 11.7. The summed E-state index contributed by atoms with van der Waals surface area (Å²) in [4.78, 5) is 61.3. The smallest absolute Gasteiger partial charge is 0.419 e. The standard InChI is InChI=1S/C40H41ClF3N9O5S.ClH/c1-4-22-11-26(53-38(59)52(37(57)39(53,2)3)27-16-30(40(42,43)44)32(17-45)46-18-27)5-7-33(22)58-10-9-50-19-29-15-28(50)20-51(29)21-35(55)48-25-13-23(41)12-24(14-25)47-31-6-8-34(54)49-36(31)56;/h5,7,11-14,16,18,28-29,31,47H,4,6,8-10,15,19-21H2,1-3H3,(H,48,55)(H,49,54,56);1H/t28-,29-,31?;/m0./s1. The molecule has 4 aliphatic heterocycles. The summed E-state index contributed by atoms with van der Waals surface area (Å²) in [6.07, 6.45) is -1.71. The predicted molar refractivity (Wildman–Crippen MR) is 224 cm³/mol. The summed E-state index contributed by atoms with van der Waals surface area (Å²) >= 11 is 12.0. The van der Waals surface area contributed by atoms with Crippen LogP contribution in [-0.2, 0) is 31.8 Å². The molecule has 4 saturated heterocycles. The number of imide groups is 1. The number of aryl methyl sites for hydroxylation is 1. The van der Waals surface area contributed by atoms with E-state index in [0.29, 0.717) is 53.8 Å². The van der Waals surface area contributed by atoms with Crippen LogP contribution in [-0.4, -0.2) is 100.0 Å². The van der Waals surface area contributed by atoms with Crippen LogP contribution in [0.3, 0.4) is 0 Å². The number of halogens is 5. The Balaban J connectivity index is 0.00000604. The number of carbonyl (C=O) groups excluding carboxylic acids is 4. The Morgan fingerprint density at radius 2 is 1.80 bits per heavy atom. The van der Waals surface area contributed by atoms with Crippen molar-refractivity contribution >= 4 is 87.7 Å². The molecule has 0 radical (unpaired) electrons. The molecule has 5 heterocycles. The van der Waals surface area contributed by atoms with Crippen LogP contribution in [0, 0.1) is 11.3 Å². The van der Waals surface area contributed by atoms with E-state index in [1.807, 2.05) is 13.0 Å². The van der Waals surface area contributed by atoms with Crippen molar-refractivity contribution in [1.82, 2.24) is 20.1 Å². The topological polar surface area (TPSA) is 163 Å².